The molecule has 0 atom stereocenters. The van der Waals surface area contributed by atoms with Crippen molar-refractivity contribution in [2.45, 2.75) is 6.42 Å². The zero-order valence-corrected chi connectivity index (χ0v) is 12.0. The van der Waals surface area contributed by atoms with E-state index in [9.17, 15) is 9.59 Å². The third-order valence-corrected chi connectivity index (χ3v) is 3.18. The maximum atomic E-state index is 12.0. The molecule has 110 valence electrons. The highest BCUT2D eigenvalue weighted by atomic mass is 16.6. The van der Waals surface area contributed by atoms with Gasteiger partial charge in [-0.3, -0.25) is 9.69 Å². The van der Waals surface area contributed by atoms with Gasteiger partial charge in [-0.15, -0.1) is 0 Å². The summed E-state index contributed by atoms with van der Waals surface area (Å²) in [6.45, 7) is 4.24. The lowest BCUT2D eigenvalue weighted by Crippen LogP contribution is -2.47. The number of nitrogens with zero attached hydrogens (tertiary/aromatic N) is 3. The highest BCUT2D eigenvalue weighted by molar-refractivity contribution is 5.76. The van der Waals surface area contributed by atoms with E-state index >= 15 is 0 Å². The number of hydrogen-bond acceptors (Lipinski definition) is 5. The van der Waals surface area contributed by atoms with Crippen LogP contribution in [-0.2, 0) is 9.53 Å². The summed E-state index contributed by atoms with van der Waals surface area (Å²) in [5, 5.41) is 2.37. The maximum absolute atomic E-state index is 12.0. The molecule has 1 aliphatic rings. The monoisotopic (exact) mass is 272 g/mol. The van der Waals surface area contributed by atoms with Crippen molar-refractivity contribution in [3.8, 4) is 0 Å². The van der Waals surface area contributed by atoms with Gasteiger partial charge in [0.1, 0.15) is 6.73 Å². The molecule has 1 fully saturated rings. The fourth-order valence-corrected chi connectivity index (χ4v) is 1.81. The smallest absolute Gasteiger partial charge is 0.408 e. The van der Waals surface area contributed by atoms with Gasteiger partial charge in [0.25, 0.3) is 0 Å². The summed E-state index contributed by atoms with van der Waals surface area (Å²) in [7, 11) is 5.39. The Bertz CT molecular complexity index is 303. The predicted octanol–water partition coefficient (Wildman–Crippen LogP) is -0.604. The van der Waals surface area contributed by atoms with Gasteiger partial charge in [-0.1, -0.05) is 0 Å². The Morgan fingerprint density at radius 3 is 2.47 bits per heavy atom. The number of carbonyl (C=O) groups excluding carboxylic acids is 2. The van der Waals surface area contributed by atoms with Crippen LogP contribution in [-0.4, -0.2) is 87.3 Å². The van der Waals surface area contributed by atoms with Gasteiger partial charge in [0, 0.05) is 46.2 Å². The number of amides is 2. The molecule has 1 aliphatic heterocycles. The molecular weight excluding hydrogens is 248 g/mol. The first-order chi connectivity index (χ1) is 9.02. The lowest BCUT2D eigenvalue weighted by molar-refractivity contribution is -0.133. The van der Waals surface area contributed by atoms with Gasteiger partial charge in [0.15, 0.2) is 0 Å². The minimum atomic E-state index is -0.461. The molecule has 0 aromatic rings. The van der Waals surface area contributed by atoms with Crippen molar-refractivity contribution in [1.29, 1.82) is 0 Å². The Balaban J connectivity index is 2.17. The molecule has 19 heavy (non-hydrogen) atoms. The molecule has 1 rings (SSSR count). The van der Waals surface area contributed by atoms with Crippen LogP contribution in [0.4, 0.5) is 4.79 Å². The Labute approximate surface area is 114 Å². The summed E-state index contributed by atoms with van der Waals surface area (Å²) < 4.78 is 4.89. The second-order valence-electron chi connectivity index (χ2n) is 4.82. The van der Waals surface area contributed by atoms with Gasteiger partial charge >= 0.3 is 6.09 Å². The zero-order chi connectivity index (χ0) is 14.3. The van der Waals surface area contributed by atoms with Crippen LogP contribution in [0.1, 0.15) is 6.42 Å². The minimum absolute atomic E-state index is 0.167. The van der Waals surface area contributed by atoms with Crippen molar-refractivity contribution in [2.75, 3.05) is 60.6 Å². The molecule has 7 heteroatoms. The van der Waals surface area contributed by atoms with Crippen molar-refractivity contribution in [1.82, 2.24) is 20.0 Å². The quantitative estimate of drug-likeness (QED) is 0.677. The van der Waals surface area contributed by atoms with E-state index < -0.39 is 6.09 Å². The molecule has 1 saturated heterocycles. The van der Waals surface area contributed by atoms with Gasteiger partial charge in [-0.2, -0.15) is 0 Å². The summed E-state index contributed by atoms with van der Waals surface area (Å²) in [4.78, 5) is 28.8. The van der Waals surface area contributed by atoms with Gasteiger partial charge in [-0.25, -0.2) is 4.79 Å². The standard InChI is InChI=1S/C12H24N4O3/c1-13-12(18)19-10-15(3)5-4-11(17)16-8-6-14(2)7-9-16/h4-10H2,1-3H3,(H,13,18). The topological polar surface area (TPSA) is 65.1 Å². The molecule has 0 unspecified atom stereocenters. The Kier molecular flexibility index (Phi) is 6.58. The number of rotatable bonds is 5. The van der Waals surface area contributed by atoms with Gasteiger partial charge < -0.3 is 19.9 Å². The largest absolute Gasteiger partial charge is 0.433 e. The molecule has 7 nitrogen and oxygen atoms in total. The first kappa shape index (κ1) is 15.7. The second kappa shape index (κ2) is 7.96. The van der Waals surface area contributed by atoms with E-state index in [2.05, 4.69) is 17.3 Å². The SMILES string of the molecule is CNC(=O)OCN(C)CCC(=O)N1CCN(C)CC1. The molecule has 0 aliphatic carbocycles. The molecule has 0 radical (unpaired) electrons. The predicted molar refractivity (Wildman–Crippen MR) is 71.7 cm³/mol. The summed E-state index contributed by atoms with van der Waals surface area (Å²) in [5.41, 5.74) is 0. The first-order valence-corrected chi connectivity index (χ1v) is 6.52. The number of alkyl carbamates (subject to hydrolysis) is 1. The molecule has 1 heterocycles. The molecule has 0 aromatic heterocycles. The van der Waals surface area contributed by atoms with Crippen molar-refractivity contribution < 1.29 is 14.3 Å². The molecule has 0 spiro atoms. The van der Waals surface area contributed by atoms with Gasteiger partial charge in [0.05, 0.1) is 0 Å². The Morgan fingerprint density at radius 1 is 1.26 bits per heavy atom. The van der Waals surface area contributed by atoms with Crippen LogP contribution in [0.15, 0.2) is 0 Å². The van der Waals surface area contributed by atoms with E-state index in [-0.39, 0.29) is 12.6 Å². The van der Waals surface area contributed by atoms with E-state index in [1.54, 1.807) is 0 Å². The molecule has 0 saturated carbocycles. The van der Waals surface area contributed by atoms with E-state index in [0.29, 0.717) is 13.0 Å². The zero-order valence-electron chi connectivity index (χ0n) is 12.0. The average Bonchev–Trinajstić information content (AvgIpc) is 2.42. The van der Waals surface area contributed by atoms with Crippen molar-refractivity contribution in [3.05, 3.63) is 0 Å². The van der Waals surface area contributed by atoms with Crippen molar-refractivity contribution >= 4 is 12.0 Å². The van der Waals surface area contributed by atoms with Crippen molar-refractivity contribution in [2.24, 2.45) is 0 Å². The van der Waals surface area contributed by atoms with Crippen LogP contribution < -0.4 is 5.32 Å². The molecule has 0 aromatic carbocycles. The Hall–Kier alpha value is -1.34. The van der Waals surface area contributed by atoms with Gasteiger partial charge in [-0.05, 0) is 14.1 Å². The second-order valence-corrected chi connectivity index (χ2v) is 4.82. The van der Waals surface area contributed by atoms with Crippen LogP contribution in [0.5, 0.6) is 0 Å². The third kappa shape index (κ3) is 5.89. The lowest BCUT2D eigenvalue weighted by Gasteiger charge is -2.32. The van der Waals surface area contributed by atoms with E-state index in [0.717, 1.165) is 26.2 Å². The van der Waals surface area contributed by atoms with Crippen LogP contribution in [0.25, 0.3) is 0 Å². The van der Waals surface area contributed by atoms with Crippen LogP contribution in [0.3, 0.4) is 0 Å². The number of hydrogen-bond donors (Lipinski definition) is 1. The number of piperazine rings is 1. The van der Waals surface area contributed by atoms with Crippen LogP contribution in [0, 0.1) is 0 Å². The fraction of sp³-hybridized carbons (Fsp3) is 0.833. The first-order valence-electron chi connectivity index (χ1n) is 6.52. The fourth-order valence-electron chi connectivity index (χ4n) is 1.81. The molecule has 1 N–H and O–H groups in total. The van der Waals surface area contributed by atoms with E-state index in [4.69, 9.17) is 4.74 Å². The van der Waals surface area contributed by atoms with Crippen LogP contribution >= 0.6 is 0 Å². The van der Waals surface area contributed by atoms with Gasteiger partial charge in [0.2, 0.25) is 5.91 Å². The summed E-state index contributed by atoms with van der Waals surface area (Å²) in [5.74, 6) is 0.167. The summed E-state index contributed by atoms with van der Waals surface area (Å²) in [6.07, 6.45) is -0.00521. The van der Waals surface area contributed by atoms with Crippen LogP contribution in [0.2, 0.25) is 0 Å². The van der Waals surface area contributed by atoms with E-state index in [1.807, 2.05) is 16.8 Å². The molecular formula is C12H24N4O3. The normalized spacial score (nSPS) is 16.5. The highest BCUT2D eigenvalue weighted by Gasteiger charge is 2.18. The molecule has 2 amide bonds. The summed E-state index contributed by atoms with van der Waals surface area (Å²) in [6, 6.07) is 0. The number of nitrogens with one attached hydrogen (secondary N) is 1. The average molecular weight is 272 g/mol. The number of carbonyl (C=O) groups is 2. The summed E-state index contributed by atoms with van der Waals surface area (Å²) >= 11 is 0. The third-order valence-electron chi connectivity index (χ3n) is 3.18. The number of likely N-dealkylation sites (N-methyl/N-ethyl adjacent to an activating group) is 1. The van der Waals surface area contributed by atoms with Crippen molar-refractivity contribution in [3.63, 3.8) is 0 Å². The minimum Gasteiger partial charge on any atom is -0.433 e. The number of ether oxygens (including phenoxy) is 1. The lowest BCUT2D eigenvalue weighted by atomic mass is 10.3. The van der Waals surface area contributed by atoms with E-state index in [1.165, 1.54) is 7.05 Å². The Morgan fingerprint density at radius 2 is 1.89 bits per heavy atom. The molecule has 0 bridgehead atoms. The highest BCUT2D eigenvalue weighted by Crippen LogP contribution is 2.02. The maximum Gasteiger partial charge on any atom is 0.408 e.